The van der Waals surface area contributed by atoms with Crippen molar-refractivity contribution in [2.45, 2.75) is 26.3 Å². The molecule has 1 aromatic heterocycles. The zero-order chi connectivity index (χ0) is 20.5. The minimum absolute atomic E-state index is 0.0614. The number of fused-ring (bicyclic) bond motifs is 1. The molecule has 3 aromatic rings. The first-order chi connectivity index (χ1) is 13.9. The number of aromatic amines is 1. The molecule has 4 nitrogen and oxygen atoms in total. The van der Waals surface area contributed by atoms with Gasteiger partial charge < -0.3 is 9.88 Å². The van der Waals surface area contributed by atoms with Crippen LogP contribution in [0.25, 0.3) is 16.5 Å². The summed E-state index contributed by atoms with van der Waals surface area (Å²) in [5.74, 6) is 0.0614. The van der Waals surface area contributed by atoms with Crippen LogP contribution in [0.3, 0.4) is 0 Å². The Morgan fingerprint density at radius 3 is 2.59 bits per heavy atom. The Balaban J connectivity index is 1.67. The number of benzene rings is 2. The highest BCUT2D eigenvalue weighted by Crippen LogP contribution is 2.31. The highest BCUT2D eigenvalue weighted by atomic mass is 16.1. The molecule has 0 bridgehead atoms. The summed E-state index contributed by atoms with van der Waals surface area (Å²) in [7, 11) is 3.97. The zero-order valence-corrected chi connectivity index (χ0v) is 17.7. The number of ketones is 1. The Morgan fingerprint density at radius 2 is 1.90 bits per heavy atom. The number of H-pyrrole nitrogens is 1. The molecule has 0 saturated heterocycles. The van der Waals surface area contributed by atoms with Crippen LogP contribution in [-0.2, 0) is 0 Å². The van der Waals surface area contributed by atoms with E-state index in [0.717, 1.165) is 47.2 Å². The highest BCUT2D eigenvalue weighted by Gasteiger charge is 2.18. The van der Waals surface area contributed by atoms with Crippen LogP contribution in [0.5, 0.6) is 0 Å². The smallest absolute Gasteiger partial charge is 0.193 e. The van der Waals surface area contributed by atoms with Crippen LogP contribution in [0.2, 0.25) is 0 Å². The molecule has 0 saturated carbocycles. The van der Waals surface area contributed by atoms with Crippen LogP contribution in [0.15, 0.2) is 54.7 Å². The molecule has 2 heterocycles. The SMILES string of the molecule is CC(C)N1CC=C(c2c[nH]c3ccc(C(=O)c4cccc(N(C)C)c4)cc23)CC1. The van der Waals surface area contributed by atoms with Crippen molar-refractivity contribution < 1.29 is 4.79 Å². The van der Waals surface area contributed by atoms with Crippen LogP contribution < -0.4 is 4.90 Å². The van der Waals surface area contributed by atoms with E-state index in [1.165, 1.54) is 11.1 Å². The summed E-state index contributed by atoms with van der Waals surface area (Å²) < 4.78 is 0. The predicted octanol–water partition coefficient (Wildman–Crippen LogP) is 4.96. The third-order valence-electron chi connectivity index (χ3n) is 5.89. The van der Waals surface area contributed by atoms with Crippen LogP contribution >= 0.6 is 0 Å². The van der Waals surface area contributed by atoms with Crippen LogP contribution in [0, 0.1) is 0 Å². The van der Waals surface area contributed by atoms with Crippen LogP contribution in [0.4, 0.5) is 5.69 Å². The van der Waals surface area contributed by atoms with Gasteiger partial charge in [0.2, 0.25) is 0 Å². The first kappa shape index (κ1) is 19.5. The summed E-state index contributed by atoms with van der Waals surface area (Å²) in [5.41, 5.74) is 6.14. The Kier molecular flexibility index (Phi) is 5.29. The van der Waals surface area contributed by atoms with Crippen molar-refractivity contribution in [2.24, 2.45) is 0 Å². The second kappa shape index (κ2) is 7.88. The number of carbonyl (C=O) groups excluding carboxylic acids is 1. The fourth-order valence-corrected chi connectivity index (χ4v) is 4.02. The van der Waals surface area contributed by atoms with Gasteiger partial charge in [0, 0.05) is 72.7 Å². The quantitative estimate of drug-likeness (QED) is 0.629. The molecule has 4 rings (SSSR count). The van der Waals surface area contributed by atoms with Crippen molar-refractivity contribution >= 4 is 27.9 Å². The van der Waals surface area contributed by atoms with Crippen molar-refractivity contribution in [3.63, 3.8) is 0 Å². The fraction of sp³-hybridized carbons (Fsp3) is 0.320. The zero-order valence-electron chi connectivity index (χ0n) is 17.7. The van der Waals surface area contributed by atoms with Gasteiger partial charge in [0.05, 0.1) is 0 Å². The average molecular weight is 388 g/mol. The Hall–Kier alpha value is -2.85. The summed E-state index contributed by atoms with van der Waals surface area (Å²) in [6.07, 6.45) is 5.46. The Morgan fingerprint density at radius 1 is 1.10 bits per heavy atom. The third-order valence-corrected chi connectivity index (χ3v) is 5.89. The van der Waals surface area contributed by atoms with Gasteiger partial charge in [0.25, 0.3) is 0 Å². The van der Waals surface area contributed by atoms with Gasteiger partial charge in [0.15, 0.2) is 5.78 Å². The summed E-state index contributed by atoms with van der Waals surface area (Å²) in [5, 5.41) is 1.13. The van der Waals surface area contributed by atoms with Crippen LogP contribution in [-0.4, -0.2) is 48.9 Å². The maximum Gasteiger partial charge on any atom is 0.193 e. The summed E-state index contributed by atoms with van der Waals surface area (Å²) in [4.78, 5) is 21.0. The lowest BCUT2D eigenvalue weighted by Gasteiger charge is -2.29. The molecule has 0 unspecified atom stereocenters. The summed E-state index contributed by atoms with van der Waals surface area (Å²) in [6.45, 7) is 6.54. The molecular weight excluding hydrogens is 358 g/mol. The number of hydrogen-bond donors (Lipinski definition) is 1. The number of nitrogens with one attached hydrogen (secondary N) is 1. The lowest BCUT2D eigenvalue weighted by Crippen LogP contribution is -2.34. The minimum Gasteiger partial charge on any atom is -0.378 e. The number of aromatic nitrogens is 1. The van der Waals surface area contributed by atoms with Gasteiger partial charge in [-0.3, -0.25) is 9.69 Å². The van der Waals surface area contributed by atoms with Gasteiger partial charge >= 0.3 is 0 Å². The molecule has 0 spiro atoms. The van der Waals surface area contributed by atoms with Crippen LogP contribution in [0.1, 0.15) is 41.8 Å². The Bertz CT molecular complexity index is 1070. The lowest BCUT2D eigenvalue weighted by molar-refractivity contribution is 0.103. The van der Waals surface area contributed by atoms with E-state index in [2.05, 4.69) is 36.0 Å². The second-order valence-electron chi connectivity index (χ2n) is 8.30. The molecule has 1 aliphatic rings. The molecular formula is C25H29N3O. The molecule has 0 fully saturated rings. The first-order valence-electron chi connectivity index (χ1n) is 10.3. The van der Waals surface area contributed by atoms with Crippen molar-refractivity contribution in [3.8, 4) is 0 Å². The fourth-order valence-electron chi connectivity index (χ4n) is 4.02. The third kappa shape index (κ3) is 3.85. The average Bonchev–Trinajstić information content (AvgIpc) is 3.16. The van der Waals surface area contributed by atoms with E-state index >= 15 is 0 Å². The van der Waals surface area contributed by atoms with Gasteiger partial charge in [-0.05, 0) is 56.2 Å². The first-order valence-corrected chi connectivity index (χ1v) is 10.3. The number of nitrogens with zero attached hydrogens (tertiary/aromatic N) is 2. The van der Waals surface area contributed by atoms with Gasteiger partial charge in [-0.2, -0.15) is 0 Å². The predicted molar refractivity (Wildman–Crippen MR) is 122 cm³/mol. The number of anilines is 1. The van der Waals surface area contributed by atoms with E-state index in [4.69, 9.17) is 0 Å². The normalized spacial score (nSPS) is 15.0. The molecule has 0 aliphatic carbocycles. The van der Waals surface area contributed by atoms with E-state index in [9.17, 15) is 4.79 Å². The van der Waals surface area contributed by atoms with E-state index in [1.807, 2.05) is 61.5 Å². The molecule has 0 amide bonds. The van der Waals surface area contributed by atoms with Gasteiger partial charge in [-0.15, -0.1) is 0 Å². The van der Waals surface area contributed by atoms with Crippen molar-refractivity contribution in [2.75, 3.05) is 32.1 Å². The monoisotopic (exact) mass is 387 g/mol. The second-order valence-corrected chi connectivity index (χ2v) is 8.30. The van der Waals surface area contributed by atoms with E-state index in [0.29, 0.717) is 6.04 Å². The molecule has 150 valence electrons. The molecule has 2 aromatic carbocycles. The summed E-state index contributed by atoms with van der Waals surface area (Å²) >= 11 is 0. The van der Waals surface area contributed by atoms with Gasteiger partial charge in [-0.25, -0.2) is 0 Å². The maximum absolute atomic E-state index is 13.1. The molecule has 0 atom stereocenters. The molecule has 0 radical (unpaired) electrons. The largest absolute Gasteiger partial charge is 0.378 e. The number of carbonyl (C=O) groups is 1. The van der Waals surface area contributed by atoms with Crippen molar-refractivity contribution in [1.82, 2.24) is 9.88 Å². The van der Waals surface area contributed by atoms with E-state index < -0.39 is 0 Å². The molecule has 4 heteroatoms. The molecule has 1 N–H and O–H groups in total. The van der Waals surface area contributed by atoms with Crippen molar-refractivity contribution in [1.29, 1.82) is 0 Å². The minimum atomic E-state index is 0.0614. The standard InChI is InChI=1S/C25H29N3O/c1-17(2)28-12-10-18(11-13-28)23-16-26-24-9-8-20(15-22(23)24)25(29)19-6-5-7-21(14-19)27(3)4/h5-10,14-17,26H,11-13H2,1-4H3. The van der Waals surface area contributed by atoms with Crippen molar-refractivity contribution in [3.05, 3.63) is 71.4 Å². The van der Waals surface area contributed by atoms with Gasteiger partial charge in [0.1, 0.15) is 0 Å². The number of rotatable bonds is 5. The highest BCUT2D eigenvalue weighted by molar-refractivity contribution is 6.11. The summed E-state index contributed by atoms with van der Waals surface area (Å²) in [6, 6.07) is 14.3. The molecule has 29 heavy (non-hydrogen) atoms. The van der Waals surface area contributed by atoms with E-state index in [-0.39, 0.29) is 5.78 Å². The van der Waals surface area contributed by atoms with E-state index in [1.54, 1.807) is 0 Å². The topological polar surface area (TPSA) is 39.3 Å². The Labute approximate surface area is 172 Å². The maximum atomic E-state index is 13.1. The number of hydrogen-bond acceptors (Lipinski definition) is 3. The van der Waals surface area contributed by atoms with Gasteiger partial charge in [-0.1, -0.05) is 18.2 Å². The molecule has 1 aliphatic heterocycles. The lowest BCUT2D eigenvalue weighted by atomic mass is 9.96.